The fourth-order valence-corrected chi connectivity index (χ4v) is 1.48. The van der Waals surface area contributed by atoms with E-state index < -0.39 is 0 Å². The number of rotatable bonds is 8. The molecule has 18 heavy (non-hydrogen) atoms. The molecule has 0 bridgehead atoms. The molecule has 102 valence electrons. The van der Waals surface area contributed by atoms with Crippen molar-refractivity contribution >= 4 is 5.69 Å². The number of methoxy groups -OCH3 is 1. The van der Waals surface area contributed by atoms with E-state index in [0.717, 1.165) is 0 Å². The number of hydrogen-bond donors (Lipinski definition) is 1. The molecule has 0 aliphatic carbocycles. The van der Waals surface area contributed by atoms with Gasteiger partial charge in [-0.1, -0.05) is 0 Å². The Morgan fingerprint density at radius 1 is 1.11 bits per heavy atom. The van der Waals surface area contributed by atoms with Crippen LogP contribution < -0.4 is 15.2 Å². The SMILES string of the molecule is CCOC(COc1ccc(N)cc1OC)OCC. The first-order valence-corrected chi connectivity index (χ1v) is 6.00. The molecule has 0 saturated heterocycles. The lowest BCUT2D eigenvalue weighted by atomic mass is 10.3. The second kappa shape index (κ2) is 7.79. The lowest BCUT2D eigenvalue weighted by Crippen LogP contribution is -2.25. The molecule has 0 aromatic heterocycles. The standard InChI is InChI=1S/C13H21NO4/c1-4-16-13(17-5-2)9-18-11-7-6-10(14)8-12(11)15-3/h6-8,13H,4-5,9,14H2,1-3H3. The minimum absolute atomic E-state index is 0.307. The average molecular weight is 255 g/mol. The Bertz CT molecular complexity index is 351. The quantitative estimate of drug-likeness (QED) is 0.569. The van der Waals surface area contributed by atoms with Crippen LogP contribution in [0.2, 0.25) is 0 Å². The Balaban J connectivity index is 2.60. The first-order valence-electron chi connectivity index (χ1n) is 6.00. The fraction of sp³-hybridized carbons (Fsp3) is 0.538. The summed E-state index contributed by atoms with van der Waals surface area (Å²) in [6.45, 7) is 5.29. The van der Waals surface area contributed by atoms with Crippen LogP contribution in [0, 0.1) is 0 Å². The molecule has 5 heteroatoms. The van der Waals surface area contributed by atoms with Crippen molar-refractivity contribution in [3.05, 3.63) is 18.2 Å². The summed E-state index contributed by atoms with van der Waals surface area (Å²) in [6, 6.07) is 5.24. The zero-order valence-electron chi connectivity index (χ0n) is 11.1. The molecule has 0 aliphatic heterocycles. The van der Waals surface area contributed by atoms with Crippen LogP contribution in [-0.4, -0.2) is 33.2 Å². The van der Waals surface area contributed by atoms with E-state index in [1.54, 1.807) is 25.3 Å². The predicted octanol–water partition coefficient (Wildman–Crippen LogP) is 2.06. The monoisotopic (exact) mass is 255 g/mol. The van der Waals surface area contributed by atoms with Gasteiger partial charge in [-0.05, 0) is 26.0 Å². The van der Waals surface area contributed by atoms with Gasteiger partial charge in [-0.15, -0.1) is 0 Å². The Hall–Kier alpha value is -1.46. The maximum Gasteiger partial charge on any atom is 0.191 e. The smallest absolute Gasteiger partial charge is 0.191 e. The molecule has 1 aromatic rings. The van der Waals surface area contributed by atoms with E-state index in [0.29, 0.717) is 37.0 Å². The number of ether oxygens (including phenoxy) is 4. The van der Waals surface area contributed by atoms with Crippen molar-refractivity contribution in [3.8, 4) is 11.5 Å². The van der Waals surface area contributed by atoms with Gasteiger partial charge in [0.15, 0.2) is 17.8 Å². The molecule has 0 unspecified atom stereocenters. The largest absolute Gasteiger partial charge is 0.493 e. The number of nitrogen functional groups attached to an aromatic ring is 1. The van der Waals surface area contributed by atoms with Crippen molar-refractivity contribution in [2.24, 2.45) is 0 Å². The molecule has 0 heterocycles. The Morgan fingerprint density at radius 3 is 2.33 bits per heavy atom. The number of hydrogen-bond acceptors (Lipinski definition) is 5. The Morgan fingerprint density at radius 2 is 1.78 bits per heavy atom. The van der Waals surface area contributed by atoms with Gasteiger partial charge in [-0.3, -0.25) is 0 Å². The molecule has 0 radical (unpaired) electrons. The Kier molecular flexibility index (Phi) is 6.32. The van der Waals surface area contributed by atoms with Crippen LogP contribution >= 0.6 is 0 Å². The summed E-state index contributed by atoms with van der Waals surface area (Å²) in [5, 5.41) is 0. The Labute approximate surface area is 108 Å². The molecular formula is C13H21NO4. The second-order valence-corrected chi connectivity index (χ2v) is 3.56. The average Bonchev–Trinajstić information content (AvgIpc) is 2.37. The molecule has 0 spiro atoms. The van der Waals surface area contributed by atoms with Crippen molar-refractivity contribution in [3.63, 3.8) is 0 Å². The van der Waals surface area contributed by atoms with Gasteiger partial charge in [-0.2, -0.15) is 0 Å². The van der Waals surface area contributed by atoms with Crippen molar-refractivity contribution in [2.75, 3.05) is 32.7 Å². The maximum absolute atomic E-state index is 5.67. The molecule has 0 saturated carbocycles. The van der Waals surface area contributed by atoms with Crippen molar-refractivity contribution < 1.29 is 18.9 Å². The highest BCUT2D eigenvalue weighted by molar-refractivity contribution is 5.51. The minimum Gasteiger partial charge on any atom is -0.493 e. The van der Waals surface area contributed by atoms with Crippen molar-refractivity contribution in [1.29, 1.82) is 0 Å². The lowest BCUT2D eigenvalue weighted by molar-refractivity contribution is -0.152. The maximum atomic E-state index is 5.67. The molecular weight excluding hydrogens is 234 g/mol. The second-order valence-electron chi connectivity index (χ2n) is 3.56. The molecule has 0 fully saturated rings. The number of benzene rings is 1. The first kappa shape index (κ1) is 14.6. The van der Waals surface area contributed by atoms with Gasteiger partial charge in [0, 0.05) is 25.0 Å². The third-order valence-electron chi connectivity index (χ3n) is 2.27. The summed E-state index contributed by atoms with van der Waals surface area (Å²) in [6.07, 6.45) is -0.373. The highest BCUT2D eigenvalue weighted by Crippen LogP contribution is 2.29. The van der Waals surface area contributed by atoms with Gasteiger partial charge in [0.1, 0.15) is 6.61 Å². The van der Waals surface area contributed by atoms with E-state index in [1.807, 2.05) is 13.8 Å². The summed E-state index contributed by atoms with van der Waals surface area (Å²) < 4.78 is 21.6. The van der Waals surface area contributed by atoms with Gasteiger partial charge < -0.3 is 24.7 Å². The van der Waals surface area contributed by atoms with E-state index in [1.165, 1.54) is 0 Å². The summed E-state index contributed by atoms with van der Waals surface area (Å²) in [4.78, 5) is 0. The third kappa shape index (κ3) is 4.43. The summed E-state index contributed by atoms with van der Waals surface area (Å²) >= 11 is 0. The summed E-state index contributed by atoms with van der Waals surface area (Å²) in [5.74, 6) is 1.22. The van der Waals surface area contributed by atoms with E-state index in [4.69, 9.17) is 24.7 Å². The fourth-order valence-electron chi connectivity index (χ4n) is 1.48. The highest BCUT2D eigenvalue weighted by atomic mass is 16.7. The van der Waals surface area contributed by atoms with Gasteiger partial charge >= 0.3 is 0 Å². The number of nitrogens with two attached hydrogens (primary N) is 1. The van der Waals surface area contributed by atoms with Gasteiger partial charge in [0.2, 0.25) is 0 Å². The topological polar surface area (TPSA) is 62.9 Å². The molecule has 5 nitrogen and oxygen atoms in total. The van der Waals surface area contributed by atoms with Crippen LogP contribution in [-0.2, 0) is 9.47 Å². The zero-order chi connectivity index (χ0) is 13.4. The zero-order valence-corrected chi connectivity index (χ0v) is 11.1. The molecule has 1 aromatic carbocycles. The van der Waals surface area contributed by atoms with Crippen LogP contribution in [0.25, 0.3) is 0 Å². The van der Waals surface area contributed by atoms with E-state index in [9.17, 15) is 0 Å². The van der Waals surface area contributed by atoms with Crippen LogP contribution in [0.3, 0.4) is 0 Å². The van der Waals surface area contributed by atoms with Crippen molar-refractivity contribution in [2.45, 2.75) is 20.1 Å². The van der Waals surface area contributed by atoms with E-state index in [-0.39, 0.29) is 6.29 Å². The first-order chi connectivity index (χ1) is 8.71. The lowest BCUT2D eigenvalue weighted by Gasteiger charge is -2.18. The van der Waals surface area contributed by atoms with Gasteiger partial charge in [0.05, 0.1) is 7.11 Å². The van der Waals surface area contributed by atoms with Gasteiger partial charge in [0.25, 0.3) is 0 Å². The van der Waals surface area contributed by atoms with E-state index >= 15 is 0 Å². The molecule has 1 rings (SSSR count). The molecule has 0 amide bonds. The highest BCUT2D eigenvalue weighted by Gasteiger charge is 2.11. The van der Waals surface area contributed by atoms with Crippen LogP contribution in [0.15, 0.2) is 18.2 Å². The number of anilines is 1. The molecule has 0 atom stereocenters. The van der Waals surface area contributed by atoms with Crippen LogP contribution in [0.5, 0.6) is 11.5 Å². The predicted molar refractivity (Wildman–Crippen MR) is 69.9 cm³/mol. The van der Waals surface area contributed by atoms with Gasteiger partial charge in [-0.25, -0.2) is 0 Å². The summed E-state index contributed by atoms with van der Waals surface area (Å²) in [7, 11) is 1.57. The summed E-state index contributed by atoms with van der Waals surface area (Å²) in [5.41, 5.74) is 6.30. The normalized spacial score (nSPS) is 10.7. The molecule has 0 aliphatic rings. The van der Waals surface area contributed by atoms with E-state index in [2.05, 4.69) is 0 Å². The third-order valence-corrected chi connectivity index (χ3v) is 2.27. The molecule has 2 N–H and O–H groups in total. The van der Waals surface area contributed by atoms with Crippen LogP contribution in [0.4, 0.5) is 5.69 Å². The minimum atomic E-state index is -0.373. The van der Waals surface area contributed by atoms with Crippen LogP contribution in [0.1, 0.15) is 13.8 Å². The van der Waals surface area contributed by atoms with Crippen molar-refractivity contribution in [1.82, 2.24) is 0 Å².